The first kappa shape index (κ1) is 17.4. The number of imidazole rings is 1. The molecular formula is C22H21N3OS. The third-order valence-corrected chi connectivity index (χ3v) is 5.41. The molecule has 2 heterocycles. The zero-order chi connectivity index (χ0) is 18.6. The number of aromatic nitrogens is 2. The van der Waals surface area contributed by atoms with Gasteiger partial charge in [0.2, 0.25) is 0 Å². The van der Waals surface area contributed by atoms with Crippen LogP contribution in [-0.2, 0) is 6.42 Å². The molecule has 0 radical (unpaired) electrons. The van der Waals surface area contributed by atoms with Gasteiger partial charge in [-0.15, -0.1) is 0 Å². The minimum Gasteiger partial charge on any atom is -0.497 e. The molecule has 0 fully saturated rings. The van der Waals surface area contributed by atoms with Crippen molar-refractivity contribution >= 4 is 17.3 Å². The van der Waals surface area contributed by atoms with E-state index in [4.69, 9.17) is 10.5 Å². The lowest BCUT2D eigenvalue weighted by atomic mass is 9.89. The summed E-state index contributed by atoms with van der Waals surface area (Å²) in [5.74, 6) is 1.43. The van der Waals surface area contributed by atoms with Crippen molar-refractivity contribution in [1.29, 1.82) is 0 Å². The first-order chi connectivity index (χ1) is 13.2. The van der Waals surface area contributed by atoms with Gasteiger partial charge in [-0.3, -0.25) is 0 Å². The van der Waals surface area contributed by atoms with Crippen molar-refractivity contribution in [1.82, 2.24) is 9.97 Å². The summed E-state index contributed by atoms with van der Waals surface area (Å²) in [5.41, 5.74) is 11.8. The van der Waals surface area contributed by atoms with Crippen LogP contribution in [-0.4, -0.2) is 17.1 Å². The van der Waals surface area contributed by atoms with E-state index >= 15 is 0 Å². The molecule has 2 aromatic heterocycles. The Morgan fingerprint density at radius 3 is 2.63 bits per heavy atom. The topological polar surface area (TPSA) is 63.9 Å². The standard InChI is InChI=1S/C22H21N3OS/c1-26-19-7-5-16(6-8-19)20(21-13-24-22(23)25-21)12-15-3-2-4-17(11-15)18-9-10-27-14-18/h2-11,13-14,20H,12H2,1H3,(H3,23,24,25). The van der Waals surface area contributed by atoms with E-state index in [1.165, 1.54) is 22.3 Å². The van der Waals surface area contributed by atoms with Crippen molar-refractivity contribution in [2.45, 2.75) is 12.3 Å². The summed E-state index contributed by atoms with van der Waals surface area (Å²) in [7, 11) is 1.68. The molecule has 0 saturated carbocycles. The Labute approximate surface area is 162 Å². The molecule has 5 heteroatoms. The fourth-order valence-electron chi connectivity index (χ4n) is 3.31. The zero-order valence-electron chi connectivity index (χ0n) is 15.1. The van der Waals surface area contributed by atoms with Gasteiger partial charge in [0.25, 0.3) is 0 Å². The molecule has 4 nitrogen and oxygen atoms in total. The highest BCUT2D eigenvalue weighted by atomic mass is 32.1. The Kier molecular flexibility index (Phi) is 4.94. The SMILES string of the molecule is COc1ccc(C(Cc2cccc(-c3ccsc3)c2)c2cnc(N)[nH]2)cc1. The molecule has 0 amide bonds. The fourth-order valence-corrected chi connectivity index (χ4v) is 3.98. The number of H-pyrrole nitrogens is 1. The summed E-state index contributed by atoms with van der Waals surface area (Å²) in [6.45, 7) is 0. The van der Waals surface area contributed by atoms with E-state index in [1.807, 2.05) is 18.3 Å². The van der Waals surface area contributed by atoms with Crippen LogP contribution in [0, 0.1) is 0 Å². The zero-order valence-corrected chi connectivity index (χ0v) is 15.9. The van der Waals surface area contributed by atoms with Crippen LogP contribution in [0.1, 0.15) is 22.7 Å². The van der Waals surface area contributed by atoms with E-state index in [2.05, 4.69) is 63.2 Å². The van der Waals surface area contributed by atoms with Gasteiger partial charge >= 0.3 is 0 Å². The van der Waals surface area contributed by atoms with Gasteiger partial charge < -0.3 is 15.5 Å². The number of aromatic amines is 1. The van der Waals surface area contributed by atoms with Crippen LogP contribution in [0.15, 0.2) is 71.6 Å². The third-order valence-electron chi connectivity index (χ3n) is 4.73. The summed E-state index contributed by atoms with van der Waals surface area (Å²) in [4.78, 5) is 7.40. The van der Waals surface area contributed by atoms with Crippen molar-refractivity contribution in [3.05, 3.63) is 88.4 Å². The number of ether oxygens (including phenoxy) is 1. The Balaban J connectivity index is 1.68. The molecular weight excluding hydrogens is 354 g/mol. The third kappa shape index (κ3) is 3.88. The Morgan fingerprint density at radius 2 is 1.96 bits per heavy atom. The second-order valence-electron chi connectivity index (χ2n) is 6.47. The highest BCUT2D eigenvalue weighted by Gasteiger charge is 2.18. The lowest BCUT2D eigenvalue weighted by molar-refractivity contribution is 0.414. The first-order valence-electron chi connectivity index (χ1n) is 8.79. The van der Waals surface area contributed by atoms with Crippen molar-refractivity contribution in [3.8, 4) is 16.9 Å². The predicted octanol–water partition coefficient (Wildman–Crippen LogP) is 5.10. The number of nitrogen functional groups attached to an aromatic ring is 1. The second kappa shape index (κ2) is 7.68. The van der Waals surface area contributed by atoms with Gasteiger partial charge in [-0.2, -0.15) is 11.3 Å². The summed E-state index contributed by atoms with van der Waals surface area (Å²) < 4.78 is 5.29. The molecule has 3 N–H and O–H groups in total. The molecule has 0 spiro atoms. The highest BCUT2D eigenvalue weighted by molar-refractivity contribution is 7.08. The average molecular weight is 375 g/mol. The molecule has 0 aliphatic carbocycles. The maximum atomic E-state index is 5.84. The largest absolute Gasteiger partial charge is 0.497 e. The van der Waals surface area contributed by atoms with Crippen LogP contribution < -0.4 is 10.5 Å². The van der Waals surface area contributed by atoms with Crippen LogP contribution in [0.5, 0.6) is 5.75 Å². The van der Waals surface area contributed by atoms with E-state index in [0.717, 1.165) is 17.9 Å². The molecule has 0 aliphatic rings. The van der Waals surface area contributed by atoms with Crippen LogP contribution in [0.2, 0.25) is 0 Å². The van der Waals surface area contributed by atoms with Crippen LogP contribution >= 0.6 is 11.3 Å². The van der Waals surface area contributed by atoms with Crippen molar-refractivity contribution < 1.29 is 4.74 Å². The number of rotatable bonds is 6. The van der Waals surface area contributed by atoms with Gasteiger partial charge in [0.15, 0.2) is 5.95 Å². The number of nitrogens with two attached hydrogens (primary N) is 1. The van der Waals surface area contributed by atoms with Crippen LogP contribution in [0.25, 0.3) is 11.1 Å². The quantitative estimate of drug-likeness (QED) is 0.492. The Bertz CT molecular complexity index is 1010. The Hall–Kier alpha value is -3.05. The van der Waals surface area contributed by atoms with Gasteiger partial charge in [0.1, 0.15) is 5.75 Å². The van der Waals surface area contributed by atoms with Crippen molar-refractivity contribution in [2.75, 3.05) is 12.8 Å². The molecule has 4 aromatic rings. The van der Waals surface area contributed by atoms with Gasteiger partial charge in [-0.05, 0) is 57.6 Å². The highest BCUT2D eigenvalue weighted by Crippen LogP contribution is 2.31. The fraction of sp³-hybridized carbons (Fsp3) is 0.136. The smallest absolute Gasteiger partial charge is 0.197 e. The summed E-state index contributed by atoms with van der Waals surface area (Å²) in [5, 5.41) is 4.28. The predicted molar refractivity (Wildman–Crippen MR) is 111 cm³/mol. The van der Waals surface area contributed by atoms with Gasteiger partial charge in [0, 0.05) is 11.6 Å². The van der Waals surface area contributed by atoms with Crippen molar-refractivity contribution in [2.24, 2.45) is 0 Å². The second-order valence-corrected chi connectivity index (χ2v) is 7.25. The van der Waals surface area contributed by atoms with Crippen LogP contribution in [0.4, 0.5) is 5.95 Å². The van der Waals surface area contributed by atoms with Gasteiger partial charge in [-0.25, -0.2) is 4.98 Å². The molecule has 1 unspecified atom stereocenters. The molecule has 0 bridgehead atoms. The normalized spacial score (nSPS) is 12.0. The molecule has 1 atom stereocenters. The lowest BCUT2D eigenvalue weighted by Crippen LogP contribution is -2.06. The summed E-state index contributed by atoms with van der Waals surface area (Å²) in [6.07, 6.45) is 2.68. The van der Waals surface area contributed by atoms with E-state index in [-0.39, 0.29) is 5.92 Å². The number of hydrogen-bond acceptors (Lipinski definition) is 4. The van der Waals surface area contributed by atoms with E-state index < -0.39 is 0 Å². The molecule has 2 aromatic carbocycles. The average Bonchev–Trinajstić information content (AvgIpc) is 3.38. The van der Waals surface area contributed by atoms with Crippen LogP contribution in [0.3, 0.4) is 0 Å². The number of nitrogens with one attached hydrogen (secondary N) is 1. The van der Waals surface area contributed by atoms with Gasteiger partial charge in [-0.1, -0.05) is 36.4 Å². The van der Waals surface area contributed by atoms with E-state index in [0.29, 0.717) is 5.95 Å². The monoisotopic (exact) mass is 375 g/mol. The number of thiophene rings is 1. The maximum Gasteiger partial charge on any atom is 0.197 e. The molecule has 0 saturated heterocycles. The number of methoxy groups -OCH3 is 1. The van der Waals surface area contributed by atoms with Crippen molar-refractivity contribution in [3.63, 3.8) is 0 Å². The number of benzene rings is 2. The molecule has 136 valence electrons. The summed E-state index contributed by atoms with van der Waals surface area (Å²) in [6, 6.07) is 19.0. The van der Waals surface area contributed by atoms with E-state index in [1.54, 1.807) is 18.4 Å². The maximum absolute atomic E-state index is 5.84. The minimum atomic E-state index is 0.137. The molecule has 0 aliphatic heterocycles. The molecule has 27 heavy (non-hydrogen) atoms. The van der Waals surface area contributed by atoms with E-state index in [9.17, 15) is 0 Å². The number of anilines is 1. The first-order valence-corrected chi connectivity index (χ1v) is 9.73. The number of hydrogen-bond donors (Lipinski definition) is 2. The Morgan fingerprint density at radius 1 is 1.11 bits per heavy atom. The number of nitrogens with zero attached hydrogens (tertiary/aromatic N) is 1. The lowest BCUT2D eigenvalue weighted by Gasteiger charge is -2.17. The van der Waals surface area contributed by atoms with Gasteiger partial charge in [0.05, 0.1) is 13.3 Å². The summed E-state index contributed by atoms with van der Waals surface area (Å²) >= 11 is 1.72. The minimum absolute atomic E-state index is 0.137. The molecule has 4 rings (SSSR count).